The van der Waals surface area contributed by atoms with Gasteiger partial charge in [0, 0.05) is 24.5 Å². The van der Waals surface area contributed by atoms with E-state index in [0.717, 1.165) is 19.5 Å². The zero-order chi connectivity index (χ0) is 8.10. The number of nitrogens with zero attached hydrogens (tertiary/aromatic N) is 1. The molecule has 1 rings (SSSR count). The van der Waals surface area contributed by atoms with Crippen LogP contribution in [0.3, 0.4) is 0 Å². The first-order chi connectivity index (χ1) is 5.33. The molecule has 1 heterocycles. The van der Waals surface area contributed by atoms with Gasteiger partial charge in [0.25, 0.3) is 0 Å². The van der Waals surface area contributed by atoms with Gasteiger partial charge in [-0.1, -0.05) is 0 Å². The lowest BCUT2D eigenvalue weighted by Gasteiger charge is -2.01. The molecule has 1 N–H and O–H groups in total. The van der Waals surface area contributed by atoms with Crippen LogP contribution in [0.1, 0.15) is 26.7 Å². The Hall–Kier alpha value is -0.790. The summed E-state index contributed by atoms with van der Waals surface area (Å²) in [6, 6.07) is 0. The van der Waals surface area contributed by atoms with E-state index in [2.05, 4.69) is 30.2 Å². The first-order valence-electron chi connectivity index (χ1n) is 4.28. The molecule has 2 heteroatoms. The highest BCUT2D eigenvalue weighted by Crippen LogP contribution is 2.05. The maximum atomic E-state index is 4.36. The van der Waals surface area contributed by atoms with Crippen LogP contribution in [0.25, 0.3) is 0 Å². The van der Waals surface area contributed by atoms with Gasteiger partial charge in [0.15, 0.2) is 0 Å². The molecule has 0 saturated heterocycles. The van der Waals surface area contributed by atoms with Gasteiger partial charge >= 0.3 is 0 Å². The van der Waals surface area contributed by atoms with Gasteiger partial charge in [-0.25, -0.2) is 0 Å². The van der Waals surface area contributed by atoms with Gasteiger partial charge in [0.2, 0.25) is 0 Å². The van der Waals surface area contributed by atoms with Crippen molar-refractivity contribution in [3.63, 3.8) is 0 Å². The van der Waals surface area contributed by atoms with Gasteiger partial charge in [-0.3, -0.25) is 4.99 Å². The SMILES string of the molecule is CCN/C(C)=C/C1=NCCC1. The van der Waals surface area contributed by atoms with Crippen LogP contribution >= 0.6 is 0 Å². The number of rotatable bonds is 3. The van der Waals surface area contributed by atoms with Crippen LogP contribution < -0.4 is 5.32 Å². The van der Waals surface area contributed by atoms with Crippen molar-refractivity contribution >= 4 is 5.71 Å². The maximum Gasteiger partial charge on any atom is 0.0396 e. The molecule has 0 spiro atoms. The average Bonchev–Trinajstić information content (AvgIpc) is 2.40. The molecule has 1 aliphatic rings. The van der Waals surface area contributed by atoms with Crippen LogP contribution in [0.2, 0.25) is 0 Å². The fraction of sp³-hybridized carbons (Fsp3) is 0.667. The lowest BCUT2D eigenvalue weighted by atomic mass is 10.2. The fourth-order valence-electron chi connectivity index (χ4n) is 1.26. The predicted molar refractivity (Wildman–Crippen MR) is 49.0 cm³/mol. The first-order valence-corrected chi connectivity index (χ1v) is 4.28. The normalized spacial score (nSPS) is 18.4. The summed E-state index contributed by atoms with van der Waals surface area (Å²) in [6.45, 7) is 6.21. The van der Waals surface area contributed by atoms with E-state index in [1.807, 2.05) is 0 Å². The zero-order valence-corrected chi connectivity index (χ0v) is 7.35. The molecule has 0 saturated carbocycles. The van der Waals surface area contributed by atoms with Gasteiger partial charge in [0.1, 0.15) is 0 Å². The van der Waals surface area contributed by atoms with Crippen LogP contribution in [-0.4, -0.2) is 18.8 Å². The standard InChI is InChI=1S/C9H16N2/c1-3-10-8(2)7-9-5-4-6-11-9/h7,10H,3-6H2,1-2H3/b8-7+. The molecule has 0 radical (unpaired) electrons. The molecule has 0 aromatic carbocycles. The minimum atomic E-state index is 0.996. The minimum absolute atomic E-state index is 0.996. The highest BCUT2D eigenvalue weighted by Gasteiger charge is 2.02. The second-order valence-electron chi connectivity index (χ2n) is 2.83. The van der Waals surface area contributed by atoms with Crippen LogP contribution in [0, 0.1) is 0 Å². The van der Waals surface area contributed by atoms with Gasteiger partial charge in [-0.05, 0) is 32.8 Å². The zero-order valence-electron chi connectivity index (χ0n) is 7.35. The lowest BCUT2D eigenvalue weighted by Crippen LogP contribution is -2.10. The Kier molecular flexibility index (Phi) is 3.14. The fourth-order valence-corrected chi connectivity index (χ4v) is 1.26. The third-order valence-electron chi connectivity index (χ3n) is 1.74. The van der Waals surface area contributed by atoms with Gasteiger partial charge in [-0.15, -0.1) is 0 Å². The highest BCUT2D eigenvalue weighted by molar-refractivity contribution is 5.96. The molecule has 1 aliphatic heterocycles. The van der Waals surface area contributed by atoms with Crippen molar-refractivity contribution in [1.82, 2.24) is 5.32 Å². The van der Waals surface area contributed by atoms with E-state index in [9.17, 15) is 0 Å². The summed E-state index contributed by atoms with van der Waals surface area (Å²) in [7, 11) is 0. The van der Waals surface area contributed by atoms with E-state index in [1.54, 1.807) is 0 Å². The van der Waals surface area contributed by atoms with Crippen molar-refractivity contribution in [2.45, 2.75) is 26.7 Å². The van der Waals surface area contributed by atoms with E-state index >= 15 is 0 Å². The highest BCUT2D eigenvalue weighted by atomic mass is 14.9. The molecular weight excluding hydrogens is 136 g/mol. The second-order valence-corrected chi connectivity index (χ2v) is 2.83. The van der Waals surface area contributed by atoms with Crippen molar-refractivity contribution in [2.24, 2.45) is 4.99 Å². The summed E-state index contributed by atoms with van der Waals surface area (Å²) >= 11 is 0. The quantitative estimate of drug-likeness (QED) is 0.654. The molecular formula is C9H16N2. The summed E-state index contributed by atoms with van der Waals surface area (Å²) < 4.78 is 0. The molecule has 0 bridgehead atoms. The number of aliphatic imine (C=N–C) groups is 1. The molecule has 11 heavy (non-hydrogen) atoms. The molecule has 0 amide bonds. The third kappa shape index (κ3) is 2.74. The van der Waals surface area contributed by atoms with E-state index in [-0.39, 0.29) is 0 Å². The number of allylic oxidation sites excluding steroid dienone is 2. The van der Waals surface area contributed by atoms with Crippen molar-refractivity contribution in [3.05, 3.63) is 11.8 Å². The Labute approximate surface area is 68.4 Å². The third-order valence-corrected chi connectivity index (χ3v) is 1.74. The van der Waals surface area contributed by atoms with Gasteiger partial charge in [-0.2, -0.15) is 0 Å². The monoisotopic (exact) mass is 152 g/mol. The van der Waals surface area contributed by atoms with E-state index in [4.69, 9.17) is 0 Å². The second kappa shape index (κ2) is 4.16. The number of nitrogens with one attached hydrogen (secondary N) is 1. The largest absolute Gasteiger partial charge is 0.389 e. The van der Waals surface area contributed by atoms with Crippen molar-refractivity contribution in [3.8, 4) is 0 Å². The number of hydrogen-bond donors (Lipinski definition) is 1. The van der Waals surface area contributed by atoms with Crippen LogP contribution in [-0.2, 0) is 0 Å². The summed E-state index contributed by atoms with van der Waals surface area (Å²) in [5.41, 5.74) is 2.48. The van der Waals surface area contributed by atoms with Crippen LogP contribution in [0.5, 0.6) is 0 Å². The summed E-state index contributed by atoms with van der Waals surface area (Å²) in [5, 5.41) is 3.25. The van der Waals surface area contributed by atoms with E-state index in [0.29, 0.717) is 0 Å². The van der Waals surface area contributed by atoms with Gasteiger partial charge < -0.3 is 5.32 Å². The Bertz CT molecular complexity index is 180. The van der Waals surface area contributed by atoms with Crippen molar-refractivity contribution in [2.75, 3.05) is 13.1 Å². The molecule has 2 nitrogen and oxygen atoms in total. The molecule has 0 unspecified atom stereocenters. The van der Waals surface area contributed by atoms with Crippen LogP contribution in [0.15, 0.2) is 16.8 Å². The van der Waals surface area contributed by atoms with Crippen molar-refractivity contribution < 1.29 is 0 Å². The lowest BCUT2D eigenvalue weighted by molar-refractivity contribution is 0.855. The molecule has 0 aliphatic carbocycles. The first kappa shape index (κ1) is 8.31. The van der Waals surface area contributed by atoms with E-state index < -0.39 is 0 Å². The molecule has 62 valence electrons. The smallest absolute Gasteiger partial charge is 0.0396 e. The number of hydrogen-bond acceptors (Lipinski definition) is 2. The predicted octanol–water partition coefficient (Wildman–Crippen LogP) is 1.73. The summed E-state index contributed by atoms with van der Waals surface area (Å²) in [6.07, 6.45) is 4.53. The van der Waals surface area contributed by atoms with Crippen molar-refractivity contribution in [1.29, 1.82) is 0 Å². The Balaban J connectivity index is 2.42. The minimum Gasteiger partial charge on any atom is -0.389 e. The maximum absolute atomic E-state index is 4.36. The topological polar surface area (TPSA) is 24.4 Å². The van der Waals surface area contributed by atoms with Gasteiger partial charge in [0.05, 0.1) is 0 Å². The molecule has 0 atom stereocenters. The average molecular weight is 152 g/mol. The summed E-state index contributed by atoms with van der Waals surface area (Å²) in [4.78, 5) is 4.36. The van der Waals surface area contributed by atoms with Crippen LogP contribution in [0.4, 0.5) is 0 Å². The molecule has 0 fully saturated rings. The summed E-state index contributed by atoms with van der Waals surface area (Å²) in [5.74, 6) is 0. The Morgan fingerprint density at radius 3 is 3.09 bits per heavy atom. The molecule has 0 aromatic rings. The Morgan fingerprint density at radius 2 is 2.55 bits per heavy atom. The van der Waals surface area contributed by atoms with E-state index in [1.165, 1.54) is 17.8 Å². The molecule has 0 aromatic heterocycles. The Morgan fingerprint density at radius 1 is 1.73 bits per heavy atom.